The van der Waals surface area contributed by atoms with Gasteiger partial charge in [0.15, 0.2) is 0 Å². The molecule has 0 radical (unpaired) electrons. The Balaban J connectivity index is 2.22. The van der Waals surface area contributed by atoms with Crippen molar-refractivity contribution in [3.8, 4) is 0 Å². The number of likely N-dealkylation sites (N-methyl/N-ethyl adjacent to an activating group) is 1. The highest BCUT2D eigenvalue weighted by molar-refractivity contribution is 6.44. The summed E-state index contributed by atoms with van der Waals surface area (Å²) in [5, 5.41) is 1.85. The predicted molar refractivity (Wildman–Crippen MR) is 84.9 cm³/mol. The van der Waals surface area contributed by atoms with Gasteiger partial charge in [0, 0.05) is 17.8 Å². The molecule has 0 fully saturated rings. The monoisotopic (exact) mass is 356 g/mol. The van der Waals surface area contributed by atoms with E-state index >= 15 is 0 Å². The molecule has 0 saturated heterocycles. The number of alkyl halides is 3. The van der Waals surface area contributed by atoms with Gasteiger partial charge in [-0.15, -0.1) is 0 Å². The van der Waals surface area contributed by atoms with Crippen LogP contribution in [0.15, 0.2) is 48.5 Å². The molecule has 0 heterocycles. The second-order valence-electron chi connectivity index (χ2n) is 4.84. The number of halogens is 4. The van der Waals surface area contributed by atoms with Crippen molar-refractivity contribution < 1.29 is 22.8 Å². The molecule has 2 aromatic carbocycles. The molecule has 0 unspecified atom stereocenters. The molecule has 126 valence electrons. The summed E-state index contributed by atoms with van der Waals surface area (Å²) in [6.07, 6.45) is -4.72. The second kappa shape index (κ2) is 6.92. The van der Waals surface area contributed by atoms with Crippen molar-refractivity contribution in [2.24, 2.45) is 0 Å². The Morgan fingerprint density at radius 1 is 1.08 bits per heavy atom. The highest BCUT2D eigenvalue weighted by Gasteiger charge is 2.35. The largest absolute Gasteiger partial charge is 0.418 e. The number of carbonyl (C=O) groups is 2. The number of rotatable bonds is 2. The molecule has 0 aliphatic heterocycles. The molecule has 2 aromatic rings. The first-order valence-electron chi connectivity index (χ1n) is 6.71. The third-order valence-electron chi connectivity index (χ3n) is 3.18. The average molecular weight is 357 g/mol. The van der Waals surface area contributed by atoms with Crippen LogP contribution >= 0.6 is 11.6 Å². The van der Waals surface area contributed by atoms with Gasteiger partial charge in [-0.25, -0.2) is 0 Å². The van der Waals surface area contributed by atoms with E-state index in [-0.39, 0.29) is 5.02 Å². The van der Waals surface area contributed by atoms with E-state index in [0.717, 1.165) is 11.0 Å². The topological polar surface area (TPSA) is 49.4 Å². The molecule has 1 N–H and O–H groups in total. The van der Waals surface area contributed by atoms with E-state index in [2.05, 4.69) is 0 Å². The number of carbonyl (C=O) groups excluding carboxylic acids is 2. The second-order valence-corrected chi connectivity index (χ2v) is 5.28. The summed E-state index contributed by atoms with van der Waals surface area (Å²) in [7, 11) is 1.35. The van der Waals surface area contributed by atoms with Crippen LogP contribution in [0.4, 0.5) is 24.5 Å². The molecule has 0 spiro atoms. The Hall–Kier alpha value is -2.54. The van der Waals surface area contributed by atoms with Crippen LogP contribution in [0.5, 0.6) is 0 Å². The van der Waals surface area contributed by atoms with Crippen molar-refractivity contribution in [2.45, 2.75) is 6.18 Å². The molecule has 0 saturated carbocycles. The summed E-state index contributed by atoms with van der Waals surface area (Å²) < 4.78 is 39.0. The summed E-state index contributed by atoms with van der Waals surface area (Å²) in [5.74, 6) is -2.18. The minimum atomic E-state index is -4.72. The number of para-hydroxylation sites is 1. The van der Waals surface area contributed by atoms with Gasteiger partial charge in [0.1, 0.15) is 0 Å². The van der Waals surface area contributed by atoms with Crippen molar-refractivity contribution in [1.82, 2.24) is 0 Å². The van der Waals surface area contributed by atoms with E-state index in [1.807, 2.05) is 5.32 Å². The quantitative estimate of drug-likeness (QED) is 0.828. The zero-order chi connectivity index (χ0) is 17.9. The molecule has 0 atom stereocenters. The zero-order valence-corrected chi connectivity index (χ0v) is 13.2. The van der Waals surface area contributed by atoms with Crippen LogP contribution in [-0.2, 0) is 15.8 Å². The van der Waals surface area contributed by atoms with Crippen LogP contribution in [0, 0.1) is 0 Å². The van der Waals surface area contributed by atoms with E-state index in [0.29, 0.717) is 11.8 Å². The molecule has 24 heavy (non-hydrogen) atoms. The van der Waals surface area contributed by atoms with Crippen LogP contribution in [0.3, 0.4) is 0 Å². The molecule has 0 aliphatic rings. The summed E-state index contributed by atoms with van der Waals surface area (Å²) in [5.41, 5.74) is -1.23. The Morgan fingerprint density at radius 2 is 1.71 bits per heavy atom. The number of nitrogens with zero attached hydrogens (tertiary/aromatic N) is 1. The number of hydrogen-bond acceptors (Lipinski definition) is 2. The SMILES string of the molecule is CN(C(=O)C(=O)Nc1ccc(Cl)cc1C(F)(F)F)c1ccccc1. The number of benzene rings is 2. The summed E-state index contributed by atoms with van der Waals surface area (Å²) in [4.78, 5) is 25.1. The Bertz CT molecular complexity index is 764. The van der Waals surface area contributed by atoms with Crippen LogP contribution < -0.4 is 10.2 Å². The molecule has 0 aliphatic carbocycles. The minimum Gasteiger partial charge on any atom is -0.317 e. The highest BCUT2D eigenvalue weighted by atomic mass is 35.5. The van der Waals surface area contributed by atoms with Crippen molar-refractivity contribution >= 4 is 34.8 Å². The molecule has 8 heteroatoms. The lowest BCUT2D eigenvalue weighted by Crippen LogP contribution is -2.37. The predicted octanol–water partition coefficient (Wildman–Crippen LogP) is 3.96. The maximum Gasteiger partial charge on any atom is 0.418 e. The lowest BCUT2D eigenvalue weighted by molar-refractivity contribution is -0.137. The van der Waals surface area contributed by atoms with Gasteiger partial charge in [-0.05, 0) is 30.3 Å². The van der Waals surface area contributed by atoms with Gasteiger partial charge in [-0.1, -0.05) is 29.8 Å². The van der Waals surface area contributed by atoms with E-state index in [4.69, 9.17) is 11.6 Å². The number of hydrogen-bond donors (Lipinski definition) is 1. The van der Waals surface area contributed by atoms with Crippen molar-refractivity contribution in [1.29, 1.82) is 0 Å². The fraction of sp³-hybridized carbons (Fsp3) is 0.125. The molecular weight excluding hydrogens is 345 g/mol. The van der Waals surface area contributed by atoms with Gasteiger partial charge in [0.25, 0.3) is 0 Å². The molecule has 0 bridgehead atoms. The first-order chi connectivity index (χ1) is 11.2. The molecule has 4 nitrogen and oxygen atoms in total. The standard InChI is InChI=1S/C16H12ClF3N2O2/c1-22(11-5-3-2-4-6-11)15(24)14(23)21-13-8-7-10(17)9-12(13)16(18,19)20/h2-9H,1H3,(H,21,23). The van der Waals surface area contributed by atoms with Gasteiger partial charge in [0.05, 0.1) is 11.3 Å². The van der Waals surface area contributed by atoms with Crippen molar-refractivity contribution in [3.05, 3.63) is 59.1 Å². The average Bonchev–Trinajstić information content (AvgIpc) is 2.55. The van der Waals surface area contributed by atoms with Gasteiger partial charge in [-0.3, -0.25) is 9.59 Å². The van der Waals surface area contributed by atoms with Crippen LogP contribution in [-0.4, -0.2) is 18.9 Å². The van der Waals surface area contributed by atoms with Crippen molar-refractivity contribution in [2.75, 3.05) is 17.3 Å². The van der Waals surface area contributed by atoms with E-state index < -0.39 is 29.2 Å². The zero-order valence-electron chi connectivity index (χ0n) is 12.4. The van der Waals surface area contributed by atoms with E-state index in [9.17, 15) is 22.8 Å². The summed E-state index contributed by atoms with van der Waals surface area (Å²) in [6.45, 7) is 0. The fourth-order valence-electron chi connectivity index (χ4n) is 1.96. The number of amides is 2. The van der Waals surface area contributed by atoms with Crippen LogP contribution in [0.25, 0.3) is 0 Å². The van der Waals surface area contributed by atoms with Gasteiger partial charge < -0.3 is 10.2 Å². The first-order valence-corrected chi connectivity index (χ1v) is 7.09. The fourth-order valence-corrected chi connectivity index (χ4v) is 2.13. The lowest BCUT2D eigenvalue weighted by atomic mass is 10.1. The Labute approximate surface area is 140 Å². The third-order valence-corrected chi connectivity index (χ3v) is 3.41. The Kier molecular flexibility index (Phi) is 5.14. The third kappa shape index (κ3) is 4.05. The number of anilines is 2. The summed E-state index contributed by atoms with van der Waals surface area (Å²) in [6, 6.07) is 11.1. The van der Waals surface area contributed by atoms with Gasteiger partial charge in [0.2, 0.25) is 0 Å². The summed E-state index contributed by atoms with van der Waals surface area (Å²) >= 11 is 5.56. The maximum atomic E-state index is 13.0. The smallest absolute Gasteiger partial charge is 0.317 e. The van der Waals surface area contributed by atoms with Crippen LogP contribution in [0.2, 0.25) is 5.02 Å². The van der Waals surface area contributed by atoms with Crippen molar-refractivity contribution in [3.63, 3.8) is 0 Å². The molecule has 0 aromatic heterocycles. The molecular formula is C16H12ClF3N2O2. The van der Waals surface area contributed by atoms with E-state index in [1.54, 1.807) is 30.3 Å². The minimum absolute atomic E-state index is 0.131. The van der Waals surface area contributed by atoms with Gasteiger partial charge in [-0.2, -0.15) is 13.2 Å². The highest BCUT2D eigenvalue weighted by Crippen LogP contribution is 2.36. The van der Waals surface area contributed by atoms with E-state index in [1.165, 1.54) is 13.1 Å². The molecule has 2 amide bonds. The molecule has 2 rings (SSSR count). The number of nitrogens with one attached hydrogen (secondary N) is 1. The lowest BCUT2D eigenvalue weighted by Gasteiger charge is -2.18. The maximum absolute atomic E-state index is 13.0. The Morgan fingerprint density at radius 3 is 2.29 bits per heavy atom. The van der Waals surface area contributed by atoms with Gasteiger partial charge >= 0.3 is 18.0 Å². The first kappa shape index (κ1) is 17.8. The van der Waals surface area contributed by atoms with Crippen LogP contribution in [0.1, 0.15) is 5.56 Å². The normalized spacial score (nSPS) is 11.0.